The van der Waals surface area contributed by atoms with Crippen molar-refractivity contribution in [3.05, 3.63) is 18.5 Å². The molecule has 21 heavy (non-hydrogen) atoms. The predicted octanol–water partition coefficient (Wildman–Crippen LogP) is 1.33. The van der Waals surface area contributed by atoms with Crippen LogP contribution >= 0.6 is 0 Å². The molecule has 2 aromatic heterocycles. The van der Waals surface area contributed by atoms with E-state index in [9.17, 15) is 0 Å². The van der Waals surface area contributed by atoms with Crippen molar-refractivity contribution in [1.29, 1.82) is 0 Å². The fourth-order valence-electron chi connectivity index (χ4n) is 2.73. The molecule has 0 aromatic carbocycles. The molecule has 4 N–H and O–H groups in total. The van der Waals surface area contributed by atoms with Crippen LogP contribution in [0, 0.1) is 5.41 Å². The van der Waals surface area contributed by atoms with Gasteiger partial charge in [-0.15, -0.1) is 0 Å². The SMILES string of the molecule is CC1(C)CCC(Nc2nc(NN)nc(-n3cccn3)n2)C1. The molecule has 0 spiro atoms. The van der Waals surface area contributed by atoms with Crippen LogP contribution in [0.15, 0.2) is 18.5 Å². The van der Waals surface area contributed by atoms with E-state index in [4.69, 9.17) is 5.84 Å². The minimum Gasteiger partial charge on any atom is -0.351 e. The Hall–Kier alpha value is -2.22. The van der Waals surface area contributed by atoms with Crippen molar-refractivity contribution in [2.24, 2.45) is 11.3 Å². The van der Waals surface area contributed by atoms with Crippen LogP contribution in [0.3, 0.4) is 0 Å². The largest absolute Gasteiger partial charge is 0.351 e. The van der Waals surface area contributed by atoms with E-state index in [1.54, 1.807) is 17.1 Å². The fourth-order valence-corrected chi connectivity index (χ4v) is 2.73. The summed E-state index contributed by atoms with van der Waals surface area (Å²) in [5, 5.41) is 7.50. The van der Waals surface area contributed by atoms with Gasteiger partial charge in [-0.25, -0.2) is 10.5 Å². The van der Waals surface area contributed by atoms with Crippen molar-refractivity contribution in [3.8, 4) is 5.95 Å². The highest BCUT2D eigenvalue weighted by atomic mass is 15.4. The maximum atomic E-state index is 5.43. The Morgan fingerprint density at radius 2 is 2.10 bits per heavy atom. The Kier molecular flexibility index (Phi) is 3.46. The monoisotopic (exact) mass is 288 g/mol. The first-order chi connectivity index (χ1) is 10.1. The molecule has 1 aliphatic rings. The molecule has 0 bridgehead atoms. The van der Waals surface area contributed by atoms with Crippen molar-refractivity contribution in [1.82, 2.24) is 24.7 Å². The van der Waals surface area contributed by atoms with Gasteiger partial charge < -0.3 is 5.32 Å². The van der Waals surface area contributed by atoms with Gasteiger partial charge in [0.05, 0.1) is 0 Å². The number of anilines is 2. The number of nitrogens with zero attached hydrogens (tertiary/aromatic N) is 5. The van der Waals surface area contributed by atoms with Crippen molar-refractivity contribution in [3.63, 3.8) is 0 Å². The second kappa shape index (κ2) is 5.28. The van der Waals surface area contributed by atoms with Gasteiger partial charge in [0.25, 0.3) is 5.95 Å². The number of hydrazine groups is 1. The molecule has 1 unspecified atom stereocenters. The average molecular weight is 288 g/mol. The van der Waals surface area contributed by atoms with Crippen LogP contribution in [0.1, 0.15) is 33.1 Å². The third-order valence-corrected chi connectivity index (χ3v) is 3.76. The quantitative estimate of drug-likeness (QED) is 0.575. The molecule has 3 rings (SSSR count). The lowest BCUT2D eigenvalue weighted by Crippen LogP contribution is -2.21. The number of rotatable bonds is 4. The highest BCUT2D eigenvalue weighted by molar-refractivity contribution is 5.37. The Bertz CT molecular complexity index is 607. The van der Waals surface area contributed by atoms with Crippen LogP contribution in [-0.2, 0) is 0 Å². The smallest absolute Gasteiger partial charge is 0.257 e. The summed E-state index contributed by atoms with van der Waals surface area (Å²) in [6.07, 6.45) is 6.86. The maximum Gasteiger partial charge on any atom is 0.257 e. The van der Waals surface area contributed by atoms with E-state index in [1.807, 2.05) is 6.07 Å². The van der Waals surface area contributed by atoms with Crippen LogP contribution in [0.4, 0.5) is 11.9 Å². The maximum absolute atomic E-state index is 5.43. The average Bonchev–Trinajstić information content (AvgIpc) is 3.08. The third kappa shape index (κ3) is 3.10. The topological polar surface area (TPSA) is 107 Å². The molecular weight excluding hydrogens is 268 g/mol. The molecule has 1 atom stereocenters. The molecule has 0 saturated heterocycles. The summed E-state index contributed by atoms with van der Waals surface area (Å²) < 4.78 is 1.58. The molecule has 0 radical (unpaired) electrons. The molecule has 1 aliphatic carbocycles. The number of hydrogen-bond donors (Lipinski definition) is 3. The normalized spacial score (nSPS) is 20.4. The molecule has 112 valence electrons. The Morgan fingerprint density at radius 3 is 2.71 bits per heavy atom. The van der Waals surface area contributed by atoms with Crippen molar-refractivity contribution in [2.75, 3.05) is 10.7 Å². The van der Waals surface area contributed by atoms with Crippen LogP contribution in [0.2, 0.25) is 0 Å². The van der Waals surface area contributed by atoms with Crippen molar-refractivity contribution < 1.29 is 0 Å². The molecule has 8 heteroatoms. The van der Waals surface area contributed by atoms with Gasteiger partial charge in [-0.1, -0.05) is 13.8 Å². The molecule has 1 saturated carbocycles. The summed E-state index contributed by atoms with van der Waals surface area (Å²) in [6.45, 7) is 4.56. The summed E-state index contributed by atoms with van der Waals surface area (Å²) in [4.78, 5) is 12.9. The van der Waals surface area contributed by atoms with Gasteiger partial charge in [0.2, 0.25) is 11.9 Å². The zero-order chi connectivity index (χ0) is 14.9. The van der Waals surface area contributed by atoms with Crippen LogP contribution in [0.25, 0.3) is 5.95 Å². The van der Waals surface area contributed by atoms with Gasteiger partial charge in [0.15, 0.2) is 0 Å². The molecule has 8 nitrogen and oxygen atoms in total. The van der Waals surface area contributed by atoms with Gasteiger partial charge in [-0.3, -0.25) is 5.43 Å². The summed E-state index contributed by atoms with van der Waals surface area (Å²) in [5.41, 5.74) is 2.83. The van der Waals surface area contributed by atoms with Crippen LogP contribution in [-0.4, -0.2) is 30.8 Å². The first-order valence-corrected chi connectivity index (χ1v) is 7.05. The van der Waals surface area contributed by atoms with Gasteiger partial charge >= 0.3 is 0 Å². The predicted molar refractivity (Wildman–Crippen MR) is 79.8 cm³/mol. The van der Waals surface area contributed by atoms with E-state index >= 15 is 0 Å². The summed E-state index contributed by atoms with van der Waals surface area (Å²) in [6, 6.07) is 2.19. The highest BCUT2D eigenvalue weighted by Crippen LogP contribution is 2.37. The second-order valence-electron chi connectivity index (χ2n) is 6.13. The lowest BCUT2D eigenvalue weighted by atomic mass is 9.92. The van der Waals surface area contributed by atoms with Gasteiger partial charge in [0, 0.05) is 18.4 Å². The minimum atomic E-state index is 0.315. The zero-order valence-electron chi connectivity index (χ0n) is 12.2. The van der Waals surface area contributed by atoms with Gasteiger partial charge in [-0.2, -0.15) is 20.1 Å². The summed E-state index contributed by atoms with van der Waals surface area (Å²) in [7, 11) is 0. The number of aromatic nitrogens is 5. The molecule has 0 amide bonds. The molecule has 0 aliphatic heterocycles. The van der Waals surface area contributed by atoms with E-state index in [0.717, 1.165) is 12.8 Å². The number of hydrogen-bond acceptors (Lipinski definition) is 7. The molecular formula is C13H20N8. The lowest BCUT2D eigenvalue weighted by Gasteiger charge is -2.18. The summed E-state index contributed by atoms with van der Waals surface area (Å²) in [5.74, 6) is 6.70. The van der Waals surface area contributed by atoms with E-state index in [1.165, 1.54) is 6.42 Å². The number of nitrogen functional groups attached to an aromatic ring is 1. The summed E-state index contributed by atoms with van der Waals surface area (Å²) >= 11 is 0. The van der Waals surface area contributed by atoms with Gasteiger partial charge in [-0.05, 0) is 30.7 Å². The number of nitrogens with two attached hydrogens (primary N) is 1. The minimum absolute atomic E-state index is 0.315. The van der Waals surface area contributed by atoms with E-state index < -0.39 is 0 Å². The number of nitrogens with one attached hydrogen (secondary N) is 2. The Labute approximate surface area is 123 Å². The van der Waals surface area contributed by atoms with Crippen LogP contribution < -0.4 is 16.6 Å². The van der Waals surface area contributed by atoms with E-state index in [0.29, 0.717) is 29.3 Å². The standard InChI is InChI=1S/C13H20N8/c1-13(2)5-4-9(8-13)16-10-17-11(20-14)19-12(18-10)21-7-3-6-15-21/h3,6-7,9H,4-5,8,14H2,1-2H3,(H2,16,17,18,19,20). The fraction of sp³-hybridized carbons (Fsp3) is 0.538. The van der Waals surface area contributed by atoms with Crippen LogP contribution in [0.5, 0.6) is 0 Å². The molecule has 1 fully saturated rings. The Balaban J connectivity index is 1.83. The van der Waals surface area contributed by atoms with Crippen molar-refractivity contribution in [2.45, 2.75) is 39.2 Å². The first kappa shape index (κ1) is 13.7. The first-order valence-electron chi connectivity index (χ1n) is 7.05. The van der Waals surface area contributed by atoms with E-state index in [-0.39, 0.29) is 0 Å². The van der Waals surface area contributed by atoms with Crippen molar-refractivity contribution >= 4 is 11.9 Å². The second-order valence-corrected chi connectivity index (χ2v) is 6.13. The highest BCUT2D eigenvalue weighted by Gasteiger charge is 2.31. The molecule has 2 heterocycles. The lowest BCUT2D eigenvalue weighted by molar-refractivity contribution is 0.378. The van der Waals surface area contributed by atoms with E-state index in [2.05, 4.69) is 44.6 Å². The Morgan fingerprint density at radius 1 is 1.29 bits per heavy atom. The third-order valence-electron chi connectivity index (χ3n) is 3.76. The molecule has 2 aromatic rings. The van der Waals surface area contributed by atoms with Gasteiger partial charge in [0.1, 0.15) is 0 Å². The zero-order valence-corrected chi connectivity index (χ0v) is 12.2.